The SMILES string of the molecule is COCC(=O)N1CC(C)(C)OC2(CN(Cc3cnn(C)c3)C2)C1. The van der Waals surface area contributed by atoms with Crippen molar-refractivity contribution in [3.05, 3.63) is 18.0 Å². The number of carbonyl (C=O) groups excluding carboxylic acids is 1. The summed E-state index contributed by atoms with van der Waals surface area (Å²) < 4.78 is 13.1. The largest absolute Gasteiger partial charge is 0.375 e. The van der Waals surface area contributed by atoms with Crippen LogP contribution in [0.1, 0.15) is 19.4 Å². The van der Waals surface area contributed by atoms with E-state index in [0.717, 1.165) is 19.6 Å². The van der Waals surface area contributed by atoms with Gasteiger partial charge in [0, 0.05) is 52.1 Å². The predicted molar refractivity (Wildman–Crippen MR) is 84.8 cm³/mol. The number of carbonyl (C=O) groups is 1. The van der Waals surface area contributed by atoms with Crippen LogP contribution < -0.4 is 0 Å². The van der Waals surface area contributed by atoms with Crippen LogP contribution in [0.5, 0.6) is 0 Å². The number of aryl methyl sites for hydroxylation is 1. The Morgan fingerprint density at radius 1 is 1.35 bits per heavy atom. The van der Waals surface area contributed by atoms with Gasteiger partial charge in [-0.3, -0.25) is 14.4 Å². The molecule has 1 amide bonds. The van der Waals surface area contributed by atoms with Gasteiger partial charge in [-0.1, -0.05) is 0 Å². The minimum absolute atomic E-state index is 0.0361. The summed E-state index contributed by atoms with van der Waals surface area (Å²) in [5.74, 6) is 0.0361. The lowest BCUT2D eigenvalue weighted by Crippen LogP contribution is -2.73. The van der Waals surface area contributed by atoms with Crippen molar-refractivity contribution in [2.75, 3.05) is 39.9 Å². The van der Waals surface area contributed by atoms with Crippen LogP contribution in [-0.2, 0) is 27.9 Å². The van der Waals surface area contributed by atoms with Crippen LogP contribution >= 0.6 is 0 Å². The van der Waals surface area contributed by atoms with Gasteiger partial charge in [0.15, 0.2) is 0 Å². The van der Waals surface area contributed by atoms with Crippen molar-refractivity contribution < 1.29 is 14.3 Å². The molecule has 0 aromatic carbocycles. The Kier molecular flexibility index (Phi) is 4.20. The molecule has 1 aromatic heterocycles. The average Bonchev–Trinajstić information content (AvgIpc) is 2.81. The van der Waals surface area contributed by atoms with Crippen molar-refractivity contribution in [2.24, 2.45) is 7.05 Å². The molecule has 0 atom stereocenters. The molecule has 23 heavy (non-hydrogen) atoms. The smallest absolute Gasteiger partial charge is 0.248 e. The summed E-state index contributed by atoms with van der Waals surface area (Å²) in [5.41, 5.74) is 0.611. The van der Waals surface area contributed by atoms with Crippen molar-refractivity contribution in [2.45, 2.75) is 31.6 Å². The van der Waals surface area contributed by atoms with Crippen LogP contribution in [0.2, 0.25) is 0 Å². The van der Waals surface area contributed by atoms with Gasteiger partial charge < -0.3 is 14.4 Å². The maximum absolute atomic E-state index is 12.2. The number of ether oxygens (including phenoxy) is 2. The molecule has 7 nitrogen and oxygen atoms in total. The molecule has 0 aliphatic carbocycles. The molecule has 2 aliphatic rings. The fourth-order valence-electron chi connectivity index (χ4n) is 3.76. The number of nitrogens with zero attached hydrogens (tertiary/aromatic N) is 4. The third-order valence-corrected chi connectivity index (χ3v) is 4.35. The predicted octanol–water partition coefficient (Wildman–Crippen LogP) is 0.258. The molecule has 3 rings (SSSR count). The summed E-state index contributed by atoms with van der Waals surface area (Å²) in [6.45, 7) is 8.01. The maximum atomic E-state index is 12.2. The van der Waals surface area contributed by atoms with E-state index in [1.807, 2.05) is 42.9 Å². The summed E-state index contributed by atoms with van der Waals surface area (Å²) >= 11 is 0. The Hall–Kier alpha value is -1.44. The van der Waals surface area contributed by atoms with Crippen LogP contribution in [0.15, 0.2) is 12.4 Å². The Labute approximate surface area is 137 Å². The summed E-state index contributed by atoms with van der Waals surface area (Å²) in [4.78, 5) is 16.4. The van der Waals surface area contributed by atoms with Gasteiger partial charge in [0.2, 0.25) is 5.91 Å². The van der Waals surface area contributed by atoms with E-state index >= 15 is 0 Å². The number of hydrogen-bond acceptors (Lipinski definition) is 5. The van der Waals surface area contributed by atoms with Crippen molar-refractivity contribution >= 4 is 5.91 Å². The fourth-order valence-corrected chi connectivity index (χ4v) is 3.76. The van der Waals surface area contributed by atoms with Gasteiger partial charge in [-0.25, -0.2) is 0 Å². The van der Waals surface area contributed by atoms with Gasteiger partial charge >= 0.3 is 0 Å². The lowest BCUT2D eigenvalue weighted by molar-refractivity contribution is -0.247. The van der Waals surface area contributed by atoms with Gasteiger partial charge in [-0.05, 0) is 13.8 Å². The number of amides is 1. The van der Waals surface area contributed by atoms with Crippen LogP contribution in [-0.4, -0.2) is 76.6 Å². The lowest BCUT2D eigenvalue weighted by atomic mass is 9.88. The molecule has 7 heteroatoms. The highest BCUT2D eigenvalue weighted by Crippen LogP contribution is 2.36. The standard InChI is InChI=1S/C16H26N4O3/c1-15(2)9-20(14(21)8-22-4)12-16(23-15)10-19(11-16)7-13-5-17-18(3)6-13/h5-6H,7-12H2,1-4H3. The quantitative estimate of drug-likeness (QED) is 0.796. The minimum atomic E-state index is -0.331. The second-order valence-electron chi connectivity index (χ2n) is 7.39. The Bertz CT molecular complexity index is 578. The Balaban J connectivity index is 1.62. The van der Waals surface area contributed by atoms with Crippen LogP contribution in [0.3, 0.4) is 0 Å². The Morgan fingerprint density at radius 3 is 2.70 bits per heavy atom. The van der Waals surface area contributed by atoms with Crippen molar-refractivity contribution in [3.8, 4) is 0 Å². The molecular weight excluding hydrogens is 296 g/mol. The molecule has 0 N–H and O–H groups in total. The van der Waals surface area contributed by atoms with Crippen molar-refractivity contribution in [1.29, 1.82) is 0 Å². The van der Waals surface area contributed by atoms with Gasteiger partial charge in [-0.15, -0.1) is 0 Å². The average molecular weight is 322 g/mol. The topological polar surface area (TPSA) is 59.8 Å². The maximum Gasteiger partial charge on any atom is 0.248 e. The van der Waals surface area contributed by atoms with Gasteiger partial charge in [0.1, 0.15) is 12.2 Å². The van der Waals surface area contributed by atoms with E-state index in [4.69, 9.17) is 9.47 Å². The fraction of sp³-hybridized carbons (Fsp3) is 0.750. The zero-order chi connectivity index (χ0) is 16.7. The van der Waals surface area contributed by atoms with E-state index in [2.05, 4.69) is 10.00 Å². The molecule has 0 unspecified atom stereocenters. The first-order valence-corrected chi connectivity index (χ1v) is 7.98. The molecule has 0 saturated carbocycles. The summed E-state index contributed by atoms with van der Waals surface area (Å²) in [6, 6.07) is 0. The lowest BCUT2D eigenvalue weighted by Gasteiger charge is -2.58. The first-order chi connectivity index (χ1) is 10.8. The van der Waals surface area contributed by atoms with Gasteiger partial charge in [-0.2, -0.15) is 5.10 Å². The first kappa shape index (κ1) is 16.4. The number of rotatable bonds is 4. The third kappa shape index (κ3) is 3.57. The molecule has 0 bridgehead atoms. The van der Waals surface area contributed by atoms with Crippen molar-refractivity contribution in [1.82, 2.24) is 19.6 Å². The Morgan fingerprint density at radius 2 is 2.09 bits per heavy atom. The monoisotopic (exact) mass is 322 g/mol. The van der Waals surface area contributed by atoms with Crippen LogP contribution in [0, 0.1) is 0 Å². The molecular formula is C16H26N4O3. The zero-order valence-corrected chi connectivity index (χ0v) is 14.4. The second kappa shape index (κ2) is 5.89. The highest BCUT2D eigenvalue weighted by Gasteiger charge is 2.52. The highest BCUT2D eigenvalue weighted by atomic mass is 16.5. The first-order valence-electron chi connectivity index (χ1n) is 7.98. The molecule has 2 aliphatic heterocycles. The van der Waals surface area contributed by atoms with Gasteiger partial charge in [0.25, 0.3) is 0 Å². The number of methoxy groups -OCH3 is 1. The van der Waals surface area contributed by atoms with E-state index in [-0.39, 0.29) is 23.7 Å². The molecule has 128 valence electrons. The number of aromatic nitrogens is 2. The molecule has 1 aromatic rings. The van der Waals surface area contributed by atoms with E-state index in [9.17, 15) is 4.79 Å². The number of likely N-dealkylation sites (tertiary alicyclic amines) is 1. The summed E-state index contributed by atoms with van der Waals surface area (Å²) in [6.07, 6.45) is 3.93. The minimum Gasteiger partial charge on any atom is -0.375 e. The number of hydrogen-bond donors (Lipinski definition) is 0. The van der Waals surface area contributed by atoms with Gasteiger partial charge in [0.05, 0.1) is 18.3 Å². The molecule has 3 heterocycles. The van der Waals surface area contributed by atoms with E-state index in [1.54, 1.807) is 7.11 Å². The number of morpholine rings is 1. The van der Waals surface area contributed by atoms with Crippen molar-refractivity contribution in [3.63, 3.8) is 0 Å². The molecule has 2 fully saturated rings. The molecule has 0 radical (unpaired) electrons. The van der Waals surface area contributed by atoms with Crippen LogP contribution in [0.4, 0.5) is 0 Å². The second-order valence-corrected chi connectivity index (χ2v) is 7.39. The molecule has 2 saturated heterocycles. The van der Waals surface area contributed by atoms with E-state index in [0.29, 0.717) is 13.1 Å². The highest BCUT2D eigenvalue weighted by molar-refractivity contribution is 5.77. The third-order valence-electron chi connectivity index (χ3n) is 4.35. The van der Waals surface area contributed by atoms with Crippen LogP contribution in [0.25, 0.3) is 0 Å². The normalized spacial score (nSPS) is 23.0. The summed E-state index contributed by atoms with van der Waals surface area (Å²) in [5, 5.41) is 4.20. The van der Waals surface area contributed by atoms with E-state index < -0.39 is 0 Å². The molecule has 1 spiro atoms. The summed E-state index contributed by atoms with van der Waals surface area (Å²) in [7, 11) is 3.48. The zero-order valence-electron chi connectivity index (χ0n) is 14.4. The van der Waals surface area contributed by atoms with E-state index in [1.165, 1.54) is 5.56 Å².